The lowest BCUT2D eigenvalue weighted by Crippen LogP contribution is -2.38. The van der Waals surface area contributed by atoms with Gasteiger partial charge in [-0.15, -0.1) is 0 Å². The number of carbonyl (C=O) groups excluding carboxylic acids is 1. The molecule has 1 N–H and O–H groups in total. The molecule has 1 rings (SSSR count). The molecule has 0 radical (unpaired) electrons. The van der Waals surface area contributed by atoms with Gasteiger partial charge < -0.3 is 10.1 Å². The van der Waals surface area contributed by atoms with Crippen LogP contribution in [0.4, 0.5) is 0 Å². The summed E-state index contributed by atoms with van der Waals surface area (Å²) < 4.78 is 5.61. The van der Waals surface area contributed by atoms with E-state index in [0.717, 1.165) is 12.8 Å². The molecule has 1 aromatic rings. The van der Waals surface area contributed by atoms with Gasteiger partial charge in [0.05, 0.1) is 5.02 Å². The van der Waals surface area contributed by atoms with Crippen molar-refractivity contribution in [2.24, 2.45) is 5.92 Å². The quantitative estimate of drug-likeness (QED) is 0.732. The van der Waals surface area contributed by atoms with E-state index >= 15 is 0 Å². The van der Waals surface area contributed by atoms with Crippen LogP contribution >= 0.6 is 11.6 Å². The summed E-state index contributed by atoms with van der Waals surface area (Å²) in [5, 5.41) is 3.49. The summed E-state index contributed by atoms with van der Waals surface area (Å²) in [5.74, 6) is 0.992. The summed E-state index contributed by atoms with van der Waals surface area (Å²) >= 11 is 6.02. The molecule has 4 heteroatoms. The fourth-order valence-corrected chi connectivity index (χ4v) is 2.30. The number of hydrogen-bond donors (Lipinski definition) is 1. The van der Waals surface area contributed by atoms with Crippen molar-refractivity contribution in [1.29, 1.82) is 0 Å². The molecule has 1 amide bonds. The van der Waals surface area contributed by atoms with Crippen LogP contribution in [0.3, 0.4) is 0 Å². The Morgan fingerprint density at radius 3 is 2.67 bits per heavy atom. The van der Waals surface area contributed by atoms with Gasteiger partial charge in [0, 0.05) is 6.54 Å². The molecule has 0 fully saturated rings. The minimum absolute atomic E-state index is 0.0927. The second kappa shape index (κ2) is 9.67. The first-order valence-electron chi connectivity index (χ1n) is 7.77. The number of nitrogens with one attached hydrogen (secondary N) is 1. The van der Waals surface area contributed by atoms with Crippen LogP contribution in [-0.2, 0) is 4.79 Å². The van der Waals surface area contributed by atoms with Crippen molar-refractivity contribution in [3.63, 3.8) is 0 Å². The lowest BCUT2D eigenvalue weighted by molar-refractivity contribution is -0.127. The van der Waals surface area contributed by atoms with Crippen LogP contribution in [0.5, 0.6) is 5.75 Å². The van der Waals surface area contributed by atoms with Crippen LogP contribution in [0.1, 0.15) is 46.5 Å². The fourth-order valence-electron chi connectivity index (χ4n) is 2.12. The van der Waals surface area contributed by atoms with Crippen molar-refractivity contribution < 1.29 is 9.53 Å². The predicted octanol–water partition coefficient (Wildman–Crippen LogP) is 4.44. The number of para-hydroxylation sites is 1. The first-order chi connectivity index (χ1) is 10.1. The SMILES string of the molecule is CCCC[C@@H](CC)CNC(=O)[C@H](C)Oc1ccccc1Cl. The number of amides is 1. The summed E-state index contributed by atoms with van der Waals surface area (Å²) in [6.07, 6.45) is 4.09. The Bertz CT molecular complexity index is 437. The van der Waals surface area contributed by atoms with Crippen LogP contribution in [0.25, 0.3) is 0 Å². The normalized spacial score (nSPS) is 13.5. The molecule has 2 atom stereocenters. The second-order valence-corrected chi connectivity index (χ2v) is 5.76. The fraction of sp³-hybridized carbons (Fsp3) is 0.588. The average Bonchev–Trinajstić information content (AvgIpc) is 2.49. The standard InChI is InChI=1S/C17H26ClNO2/c1-4-6-9-14(5-2)12-19-17(20)13(3)21-16-11-8-7-10-15(16)18/h7-8,10-11,13-14H,4-6,9,12H2,1-3H3,(H,19,20)/t13-,14+/m0/s1. The van der Waals surface area contributed by atoms with Gasteiger partial charge in [-0.3, -0.25) is 4.79 Å². The molecule has 0 aromatic heterocycles. The zero-order valence-corrected chi connectivity index (χ0v) is 14.0. The third-order valence-electron chi connectivity index (χ3n) is 3.62. The van der Waals surface area contributed by atoms with Gasteiger partial charge in [-0.1, -0.05) is 56.8 Å². The number of rotatable bonds is 9. The topological polar surface area (TPSA) is 38.3 Å². The molecule has 0 aliphatic carbocycles. The molecule has 0 saturated carbocycles. The van der Waals surface area contributed by atoms with Crippen LogP contribution in [0.15, 0.2) is 24.3 Å². The lowest BCUT2D eigenvalue weighted by atomic mass is 9.99. The van der Waals surface area contributed by atoms with Crippen molar-refractivity contribution in [3.05, 3.63) is 29.3 Å². The Morgan fingerprint density at radius 2 is 2.05 bits per heavy atom. The Hall–Kier alpha value is -1.22. The van der Waals surface area contributed by atoms with Crippen LogP contribution in [-0.4, -0.2) is 18.6 Å². The Kier molecular flexibility index (Phi) is 8.21. The molecule has 118 valence electrons. The van der Waals surface area contributed by atoms with E-state index in [-0.39, 0.29) is 5.91 Å². The monoisotopic (exact) mass is 311 g/mol. The van der Waals surface area contributed by atoms with Gasteiger partial charge in [0.25, 0.3) is 5.91 Å². The highest BCUT2D eigenvalue weighted by Crippen LogP contribution is 2.24. The van der Waals surface area contributed by atoms with E-state index in [1.165, 1.54) is 12.8 Å². The van der Waals surface area contributed by atoms with Crippen LogP contribution in [0.2, 0.25) is 5.02 Å². The van der Waals surface area contributed by atoms with E-state index in [1.807, 2.05) is 12.1 Å². The molecular weight excluding hydrogens is 286 g/mol. The molecule has 21 heavy (non-hydrogen) atoms. The molecule has 1 aromatic carbocycles. The van der Waals surface area contributed by atoms with Gasteiger partial charge in [-0.25, -0.2) is 0 Å². The molecular formula is C17H26ClNO2. The predicted molar refractivity (Wildman–Crippen MR) is 87.9 cm³/mol. The summed E-state index contributed by atoms with van der Waals surface area (Å²) in [6, 6.07) is 7.19. The Balaban J connectivity index is 2.42. The van der Waals surface area contributed by atoms with E-state index in [1.54, 1.807) is 19.1 Å². The van der Waals surface area contributed by atoms with Crippen molar-refractivity contribution in [2.75, 3.05) is 6.54 Å². The zero-order chi connectivity index (χ0) is 15.7. The highest BCUT2D eigenvalue weighted by Gasteiger charge is 2.17. The number of hydrogen-bond acceptors (Lipinski definition) is 2. The molecule has 0 bridgehead atoms. The average molecular weight is 312 g/mol. The van der Waals surface area contributed by atoms with E-state index < -0.39 is 6.10 Å². The Morgan fingerprint density at radius 1 is 1.33 bits per heavy atom. The van der Waals surface area contributed by atoms with E-state index in [4.69, 9.17) is 16.3 Å². The van der Waals surface area contributed by atoms with Crippen LogP contribution in [0, 0.1) is 5.92 Å². The lowest BCUT2D eigenvalue weighted by Gasteiger charge is -2.19. The van der Waals surface area contributed by atoms with E-state index in [2.05, 4.69) is 19.2 Å². The van der Waals surface area contributed by atoms with Gasteiger partial charge in [-0.05, 0) is 31.4 Å². The van der Waals surface area contributed by atoms with Crippen molar-refractivity contribution in [3.8, 4) is 5.75 Å². The molecule has 0 heterocycles. The Labute approximate surface area is 133 Å². The summed E-state index contributed by atoms with van der Waals surface area (Å²) in [5.41, 5.74) is 0. The number of ether oxygens (including phenoxy) is 1. The van der Waals surface area contributed by atoms with Crippen molar-refractivity contribution in [2.45, 2.75) is 52.6 Å². The maximum atomic E-state index is 12.1. The minimum atomic E-state index is -0.548. The van der Waals surface area contributed by atoms with Crippen LogP contribution < -0.4 is 10.1 Å². The highest BCUT2D eigenvalue weighted by molar-refractivity contribution is 6.32. The van der Waals surface area contributed by atoms with Gasteiger partial charge in [-0.2, -0.15) is 0 Å². The molecule has 0 saturated heterocycles. The molecule has 0 unspecified atom stereocenters. The third-order valence-corrected chi connectivity index (χ3v) is 3.93. The first-order valence-corrected chi connectivity index (χ1v) is 8.15. The largest absolute Gasteiger partial charge is 0.479 e. The molecule has 0 spiro atoms. The molecule has 0 aliphatic rings. The molecule has 0 aliphatic heterocycles. The van der Waals surface area contributed by atoms with E-state index in [9.17, 15) is 4.79 Å². The van der Waals surface area contributed by atoms with Gasteiger partial charge in [0.1, 0.15) is 5.75 Å². The number of halogens is 1. The second-order valence-electron chi connectivity index (χ2n) is 5.35. The highest BCUT2D eigenvalue weighted by atomic mass is 35.5. The number of carbonyl (C=O) groups is 1. The summed E-state index contributed by atoms with van der Waals surface area (Å²) in [7, 11) is 0. The minimum Gasteiger partial charge on any atom is -0.479 e. The van der Waals surface area contributed by atoms with Gasteiger partial charge in [0.15, 0.2) is 6.10 Å². The van der Waals surface area contributed by atoms with Crippen molar-refractivity contribution >= 4 is 17.5 Å². The van der Waals surface area contributed by atoms with Gasteiger partial charge >= 0.3 is 0 Å². The molecule has 3 nitrogen and oxygen atoms in total. The van der Waals surface area contributed by atoms with E-state index in [0.29, 0.717) is 23.2 Å². The van der Waals surface area contributed by atoms with Crippen molar-refractivity contribution in [1.82, 2.24) is 5.32 Å². The number of benzene rings is 1. The smallest absolute Gasteiger partial charge is 0.260 e. The summed E-state index contributed by atoms with van der Waals surface area (Å²) in [4.78, 5) is 12.1. The maximum absolute atomic E-state index is 12.1. The summed E-state index contributed by atoms with van der Waals surface area (Å²) in [6.45, 7) is 6.80. The maximum Gasteiger partial charge on any atom is 0.260 e. The van der Waals surface area contributed by atoms with Gasteiger partial charge in [0.2, 0.25) is 0 Å². The number of unbranched alkanes of at least 4 members (excludes halogenated alkanes) is 1. The zero-order valence-electron chi connectivity index (χ0n) is 13.2. The third kappa shape index (κ3) is 6.38. The first kappa shape index (κ1) is 17.8.